The van der Waals surface area contributed by atoms with E-state index in [1.807, 2.05) is 11.2 Å². The number of carbonyl (C=O) groups excluding carboxylic acids is 2. The van der Waals surface area contributed by atoms with Crippen LogP contribution in [0.2, 0.25) is 0 Å². The Morgan fingerprint density at radius 1 is 1.16 bits per heavy atom. The molecule has 136 valence electrons. The SMILES string of the molecule is CSCCC(=O)N1CC2CCC1CN2C(=O)c1c(F)cc(N)cc1F. The van der Waals surface area contributed by atoms with E-state index >= 15 is 0 Å². The average Bonchev–Trinajstić information content (AvgIpc) is 2.58. The van der Waals surface area contributed by atoms with Crippen LogP contribution < -0.4 is 5.73 Å². The van der Waals surface area contributed by atoms with E-state index < -0.39 is 23.1 Å². The molecule has 0 saturated carbocycles. The van der Waals surface area contributed by atoms with Gasteiger partial charge in [0.05, 0.1) is 0 Å². The summed E-state index contributed by atoms with van der Waals surface area (Å²) in [6.07, 6.45) is 3.97. The van der Waals surface area contributed by atoms with Gasteiger partial charge >= 0.3 is 0 Å². The number of hydrogen-bond acceptors (Lipinski definition) is 4. The number of carbonyl (C=O) groups is 2. The first-order valence-electron chi connectivity index (χ1n) is 8.26. The fourth-order valence-corrected chi connectivity index (χ4v) is 4.03. The minimum atomic E-state index is -0.947. The number of benzene rings is 1. The second-order valence-electron chi connectivity index (χ2n) is 6.49. The van der Waals surface area contributed by atoms with Gasteiger partial charge in [-0.3, -0.25) is 9.59 Å². The van der Waals surface area contributed by atoms with Gasteiger partial charge in [0.1, 0.15) is 17.2 Å². The molecule has 1 aromatic carbocycles. The average molecular weight is 369 g/mol. The molecule has 0 radical (unpaired) electrons. The highest BCUT2D eigenvalue weighted by Crippen LogP contribution is 2.31. The van der Waals surface area contributed by atoms with Crippen LogP contribution in [-0.2, 0) is 4.79 Å². The van der Waals surface area contributed by atoms with Crippen molar-refractivity contribution < 1.29 is 18.4 Å². The van der Waals surface area contributed by atoms with Crippen molar-refractivity contribution in [2.45, 2.75) is 31.3 Å². The Balaban J connectivity index is 1.76. The fourth-order valence-electron chi connectivity index (χ4n) is 3.66. The second-order valence-corrected chi connectivity index (χ2v) is 7.48. The van der Waals surface area contributed by atoms with E-state index in [1.54, 1.807) is 11.8 Å². The summed E-state index contributed by atoms with van der Waals surface area (Å²) < 4.78 is 28.1. The summed E-state index contributed by atoms with van der Waals surface area (Å²) in [4.78, 5) is 28.3. The first kappa shape index (κ1) is 18.0. The molecule has 3 aliphatic heterocycles. The van der Waals surface area contributed by atoms with Crippen LogP contribution in [0.25, 0.3) is 0 Å². The Hall–Kier alpha value is -1.83. The van der Waals surface area contributed by atoms with Crippen molar-refractivity contribution in [1.29, 1.82) is 0 Å². The number of fused-ring (bicyclic) bond motifs is 3. The molecule has 3 aliphatic rings. The van der Waals surface area contributed by atoms with Gasteiger partial charge in [0.15, 0.2) is 0 Å². The molecule has 2 N–H and O–H groups in total. The van der Waals surface area contributed by atoms with Crippen LogP contribution in [0.3, 0.4) is 0 Å². The minimum Gasteiger partial charge on any atom is -0.399 e. The summed E-state index contributed by atoms with van der Waals surface area (Å²) in [6.45, 7) is 0.750. The van der Waals surface area contributed by atoms with Crippen molar-refractivity contribution in [2.75, 3.05) is 30.8 Å². The number of nitrogens with zero attached hydrogens (tertiary/aromatic N) is 2. The Kier molecular flexibility index (Phi) is 5.17. The molecule has 25 heavy (non-hydrogen) atoms. The van der Waals surface area contributed by atoms with Gasteiger partial charge in [0, 0.05) is 43.0 Å². The highest BCUT2D eigenvalue weighted by molar-refractivity contribution is 7.98. The van der Waals surface area contributed by atoms with Gasteiger partial charge < -0.3 is 15.5 Å². The summed E-state index contributed by atoms with van der Waals surface area (Å²) in [5, 5.41) is 0. The number of amides is 2. The summed E-state index contributed by atoms with van der Waals surface area (Å²) in [6, 6.07) is 1.63. The number of anilines is 1. The molecule has 3 saturated heterocycles. The van der Waals surface area contributed by atoms with E-state index in [0.717, 1.165) is 30.7 Å². The number of nitrogens with two attached hydrogens (primary N) is 1. The number of hydrogen-bond donors (Lipinski definition) is 1. The van der Waals surface area contributed by atoms with Crippen LogP contribution in [-0.4, -0.2) is 58.8 Å². The maximum absolute atomic E-state index is 14.1. The predicted octanol–water partition coefficient (Wildman–Crippen LogP) is 2.12. The number of halogens is 2. The van der Waals surface area contributed by atoms with Crippen molar-refractivity contribution in [3.8, 4) is 0 Å². The molecular formula is C17H21F2N3O2S. The maximum atomic E-state index is 14.1. The van der Waals surface area contributed by atoms with Crippen LogP contribution in [0.15, 0.2) is 12.1 Å². The maximum Gasteiger partial charge on any atom is 0.260 e. The number of nitrogen functional groups attached to an aromatic ring is 1. The largest absolute Gasteiger partial charge is 0.399 e. The zero-order valence-corrected chi connectivity index (χ0v) is 14.8. The smallest absolute Gasteiger partial charge is 0.260 e. The Morgan fingerprint density at radius 2 is 1.72 bits per heavy atom. The Morgan fingerprint density at radius 3 is 2.24 bits per heavy atom. The van der Waals surface area contributed by atoms with E-state index in [-0.39, 0.29) is 23.7 Å². The van der Waals surface area contributed by atoms with Gasteiger partial charge in [-0.15, -0.1) is 0 Å². The van der Waals surface area contributed by atoms with Crippen LogP contribution >= 0.6 is 11.8 Å². The van der Waals surface area contributed by atoms with Gasteiger partial charge in [-0.05, 0) is 31.2 Å². The quantitative estimate of drug-likeness (QED) is 0.826. The van der Waals surface area contributed by atoms with Gasteiger partial charge in [0.2, 0.25) is 5.91 Å². The summed E-state index contributed by atoms with van der Waals surface area (Å²) in [7, 11) is 0. The van der Waals surface area contributed by atoms with E-state index in [1.165, 1.54) is 4.90 Å². The monoisotopic (exact) mass is 369 g/mol. The predicted molar refractivity (Wildman–Crippen MR) is 93.3 cm³/mol. The summed E-state index contributed by atoms with van der Waals surface area (Å²) in [5.41, 5.74) is 4.78. The molecule has 2 bridgehead atoms. The molecule has 5 nitrogen and oxygen atoms in total. The third-order valence-electron chi connectivity index (χ3n) is 4.91. The molecule has 3 heterocycles. The Labute approximate surface area is 149 Å². The lowest BCUT2D eigenvalue weighted by molar-refractivity contribution is -0.140. The third-order valence-corrected chi connectivity index (χ3v) is 5.52. The molecule has 8 heteroatoms. The van der Waals surface area contributed by atoms with Crippen LogP contribution in [0, 0.1) is 11.6 Å². The highest BCUT2D eigenvalue weighted by atomic mass is 32.2. The highest BCUT2D eigenvalue weighted by Gasteiger charge is 2.43. The van der Waals surface area contributed by atoms with Crippen LogP contribution in [0.4, 0.5) is 14.5 Å². The van der Waals surface area contributed by atoms with E-state index in [9.17, 15) is 18.4 Å². The van der Waals surface area contributed by atoms with Crippen molar-refractivity contribution >= 4 is 29.3 Å². The van der Waals surface area contributed by atoms with E-state index in [0.29, 0.717) is 19.5 Å². The summed E-state index contributed by atoms with van der Waals surface area (Å²) >= 11 is 1.62. The van der Waals surface area contributed by atoms with Gasteiger partial charge in [0.25, 0.3) is 5.91 Å². The lowest BCUT2D eigenvalue weighted by Gasteiger charge is -2.51. The molecular weight excluding hydrogens is 348 g/mol. The van der Waals surface area contributed by atoms with Crippen molar-refractivity contribution in [2.24, 2.45) is 0 Å². The Bertz CT molecular complexity index is 677. The molecule has 2 amide bonds. The normalized spacial score (nSPS) is 22.4. The standard InChI is InChI=1S/C17H21F2N3O2S/c1-25-5-4-15(23)21-8-12-3-2-11(21)9-22(12)17(24)16-13(18)6-10(20)7-14(16)19/h6-7,11-12H,2-5,8-9,20H2,1H3. The topological polar surface area (TPSA) is 66.6 Å². The van der Waals surface area contributed by atoms with Gasteiger partial charge in [-0.25, -0.2) is 8.78 Å². The number of piperidine rings is 2. The van der Waals surface area contributed by atoms with Gasteiger partial charge in [-0.1, -0.05) is 0 Å². The number of piperazine rings is 1. The lowest BCUT2D eigenvalue weighted by Crippen LogP contribution is -2.65. The molecule has 1 aromatic rings. The van der Waals surface area contributed by atoms with Crippen molar-refractivity contribution in [3.63, 3.8) is 0 Å². The minimum absolute atomic E-state index is 0.0581. The first-order chi connectivity index (χ1) is 11.9. The molecule has 0 aromatic heterocycles. The molecule has 2 atom stereocenters. The van der Waals surface area contributed by atoms with Crippen LogP contribution in [0.1, 0.15) is 29.6 Å². The zero-order chi connectivity index (χ0) is 18.1. The third kappa shape index (κ3) is 3.44. The van der Waals surface area contributed by atoms with Crippen molar-refractivity contribution in [1.82, 2.24) is 9.80 Å². The number of rotatable bonds is 4. The molecule has 3 fully saturated rings. The van der Waals surface area contributed by atoms with Crippen molar-refractivity contribution in [3.05, 3.63) is 29.3 Å². The summed E-state index contributed by atoms with van der Waals surface area (Å²) in [5.74, 6) is -1.72. The lowest BCUT2D eigenvalue weighted by atomic mass is 9.89. The molecule has 0 spiro atoms. The van der Waals surface area contributed by atoms with E-state index in [4.69, 9.17) is 5.73 Å². The van der Waals surface area contributed by atoms with E-state index in [2.05, 4.69) is 0 Å². The molecule has 2 unspecified atom stereocenters. The fraction of sp³-hybridized carbons (Fsp3) is 0.529. The molecule has 4 rings (SSSR count). The number of thioether (sulfide) groups is 1. The van der Waals surface area contributed by atoms with Crippen LogP contribution in [0.5, 0.6) is 0 Å². The first-order valence-corrected chi connectivity index (χ1v) is 9.65. The molecule has 0 aliphatic carbocycles. The van der Waals surface area contributed by atoms with Gasteiger partial charge in [-0.2, -0.15) is 11.8 Å². The second kappa shape index (κ2) is 7.19. The zero-order valence-electron chi connectivity index (χ0n) is 14.0.